The summed E-state index contributed by atoms with van der Waals surface area (Å²) < 4.78 is 7.07. The Balaban J connectivity index is 1.62. The van der Waals surface area contributed by atoms with Crippen LogP contribution < -0.4 is 10.6 Å². The summed E-state index contributed by atoms with van der Waals surface area (Å²) >= 11 is 0. The molecule has 0 saturated heterocycles. The molecular formula is C16H24N6O2. The van der Waals surface area contributed by atoms with Gasteiger partial charge in [0.05, 0.1) is 12.2 Å². The first-order chi connectivity index (χ1) is 11.4. The molecule has 0 radical (unpaired) electrons. The fourth-order valence-electron chi connectivity index (χ4n) is 2.52. The number of nitrogens with zero attached hydrogens (tertiary/aromatic N) is 4. The first-order valence-electron chi connectivity index (χ1n) is 8.33. The molecule has 24 heavy (non-hydrogen) atoms. The van der Waals surface area contributed by atoms with Crippen molar-refractivity contribution in [2.45, 2.75) is 51.6 Å². The average molecular weight is 332 g/mol. The smallest absolute Gasteiger partial charge is 0.315 e. The Morgan fingerprint density at radius 1 is 1.33 bits per heavy atom. The third-order valence-electron chi connectivity index (χ3n) is 4.19. The van der Waals surface area contributed by atoms with Crippen LogP contribution in [0.25, 0.3) is 0 Å². The monoisotopic (exact) mass is 332 g/mol. The number of hydrogen-bond acceptors (Lipinski definition) is 5. The van der Waals surface area contributed by atoms with Gasteiger partial charge < -0.3 is 15.2 Å². The molecule has 0 unspecified atom stereocenters. The molecule has 130 valence electrons. The summed E-state index contributed by atoms with van der Waals surface area (Å²) in [6.07, 6.45) is 5.85. The van der Waals surface area contributed by atoms with E-state index >= 15 is 0 Å². The Hall–Kier alpha value is -2.38. The van der Waals surface area contributed by atoms with Crippen LogP contribution in [0.15, 0.2) is 16.9 Å². The number of aromatic nitrogens is 4. The first-order valence-corrected chi connectivity index (χ1v) is 8.33. The third kappa shape index (κ3) is 3.74. The normalized spacial score (nSPS) is 16.9. The molecule has 1 fully saturated rings. The van der Waals surface area contributed by atoms with Gasteiger partial charge in [-0.25, -0.2) is 4.79 Å². The highest BCUT2D eigenvalue weighted by atomic mass is 16.5. The summed E-state index contributed by atoms with van der Waals surface area (Å²) in [6, 6.07) is -0.724. The van der Waals surface area contributed by atoms with E-state index in [4.69, 9.17) is 4.52 Å². The van der Waals surface area contributed by atoms with Crippen LogP contribution in [-0.4, -0.2) is 26.0 Å². The molecule has 1 aliphatic carbocycles. The van der Waals surface area contributed by atoms with Crippen molar-refractivity contribution in [2.75, 3.05) is 0 Å². The minimum absolute atomic E-state index is 0.136. The molecule has 0 spiro atoms. The standard InChI is InChI=1S/C16H24N6O2/c1-9(2)13(15-20-14(21-24-15)11-5-6-11)19-16(23)18-10(3)12-7-17-22(4)8-12/h7-11,13H,5-6H2,1-4H3,(H2,18,19,23)/t10-,13-/m0/s1. The molecule has 2 aromatic heterocycles. The number of aryl methyl sites for hydroxylation is 1. The van der Waals surface area contributed by atoms with Crippen LogP contribution in [0.4, 0.5) is 4.79 Å². The summed E-state index contributed by atoms with van der Waals surface area (Å²) in [6.45, 7) is 5.94. The van der Waals surface area contributed by atoms with Crippen LogP contribution in [0, 0.1) is 5.92 Å². The molecule has 0 aromatic carbocycles. The van der Waals surface area contributed by atoms with E-state index in [2.05, 4.69) is 25.9 Å². The number of rotatable bonds is 6. The Morgan fingerprint density at radius 2 is 2.08 bits per heavy atom. The zero-order valence-electron chi connectivity index (χ0n) is 14.5. The molecule has 1 aliphatic rings. The summed E-state index contributed by atoms with van der Waals surface area (Å²) in [7, 11) is 1.85. The van der Waals surface area contributed by atoms with Crippen LogP contribution in [0.5, 0.6) is 0 Å². The number of amides is 2. The predicted octanol–water partition coefficient (Wildman–Crippen LogP) is 2.44. The van der Waals surface area contributed by atoms with Crippen molar-refractivity contribution in [3.05, 3.63) is 29.7 Å². The quantitative estimate of drug-likeness (QED) is 0.846. The van der Waals surface area contributed by atoms with Gasteiger partial charge in [0.25, 0.3) is 0 Å². The van der Waals surface area contributed by atoms with E-state index in [9.17, 15) is 4.79 Å². The number of carbonyl (C=O) groups is 1. The van der Waals surface area contributed by atoms with Gasteiger partial charge in [-0.1, -0.05) is 19.0 Å². The minimum atomic E-state index is -0.314. The second kappa shape index (κ2) is 6.62. The van der Waals surface area contributed by atoms with E-state index in [0.29, 0.717) is 11.8 Å². The highest BCUT2D eigenvalue weighted by Crippen LogP contribution is 2.38. The lowest BCUT2D eigenvalue weighted by molar-refractivity contribution is 0.222. The maximum Gasteiger partial charge on any atom is 0.315 e. The molecule has 0 bridgehead atoms. The van der Waals surface area contributed by atoms with Crippen LogP contribution >= 0.6 is 0 Å². The Morgan fingerprint density at radius 3 is 2.67 bits per heavy atom. The lowest BCUT2D eigenvalue weighted by Gasteiger charge is -2.20. The molecule has 2 amide bonds. The summed E-state index contributed by atoms with van der Waals surface area (Å²) in [5, 5.41) is 14.0. The summed E-state index contributed by atoms with van der Waals surface area (Å²) in [4.78, 5) is 16.8. The number of carbonyl (C=O) groups excluding carboxylic acids is 1. The Kier molecular flexibility index (Phi) is 4.55. The van der Waals surface area contributed by atoms with Crippen LogP contribution in [-0.2, 0) is 7.05 Å². The van der Waals surface area contributed by atoms with Crippen molar-refractivity contribution in [2.24, 2.45) is 13.0 Å². The van der Waals surface area contributed by atoms with Crippen LogP contribution in [0.3, 0.4) is 0 Å². The third-order valence-corrected chi connectivity index (χ3v) is 4.19. The highest BCUT2D eigenvalue weighted by Gasteiger charge is 2.31. The van der Waals surface area contributed by atoms with E-state index in [1.807, 2.05) is 34.0 Å². The molecule has 2 heterocycles. The lowest BCUT2D eigenvalue weighted by Crippen LogP contribution is -2.40. The van der Waals surface area contributed by atoms with Crippen LogP contribution in [0.2, 0.25) is 0 Å². The van der Waals surface area contributed by atoms with E-state index in [1.54, 1.807) is 10.9 Å². The molecule has 3 rings (SSSR count). The molecule has 2 aromatic rings. The van der Waals surface area contributed by atoms with Gasteiger partial charge in [0, 0.05) is 24.7 Å². The van der Waals surface area contributed by atoms with Crippen molar-refractivity contribution in [3.63, 3.8) is 0 Å². The predicted molar refractivity (Wildman–Crippen MR) is 87.1 cm³/mol. The molecule has 0 aliphatic heterocycles. The summed E-state index contributed by atoms with van der Waals surface area (Å²) in [5.74, 6) is 1.78. The molecule has 2 atom stereocenters. The van der Waals surface area contributed by atoms with Gasteiger partial charge in [0.15, 0.2) is 5.82 Å². The molecule has 8 heteroatoms. The zero-order valence-corrected chi connectivity index (χ0v) is 14.5. The van der Waals surface area contributed by atoms with Crippen molar-refractivity contribution in [1.82, 2.24) is 30.6 Å². The Bertz CT molecular complexity index is 703. The SMILES string of the molecule is CC(C)[C@H](NC(=O)N[C@@H](C)c1cnn(C)c1)c1nc(C2CC2)no1. The van der Waals surface area contributed by atoms with E-state index in [0.717, 1.165) is 24.2 Å². The summed E-state index contributed by atoms with van der Waals surface area (Å²) in [5.41, 5.74) is 0.947. The van der Waals surface area contributed by atoms with Crippen molar-refractivity contribution < 1.29 is 9.32 Å². The molecule has 8 nitrogen and oxygen atoms in total. The van der Waals surface area contributed by atoms with Crippen molar-refractivity contribution in [1.29, 1.82) is 0 Å². The zero-order chi connectivity index (χ0) is 17.3. The largest absolute Gasteiger partial charge is 0.337 e. The van der Waals surface area contributed by atoms with Gasteiger partial charge in [-0.3, -0.25) is 4.68 Å². The van der Waals surface area contributed by atoms with E-state index in [-0.39, 0.29) is 24.0 Å². The minimum Gasteiger partial charge on any atom is -0.337 e. The fraction of sp³-hybridized carbons (Fsp3) is 0.625. The van der Waals surface area contributed by atoms with Gasteiger partial charge in [0.1, 0.15) is 6.04 Å². The molecular weight excluding hydrogens is 308 g/mol. The second-order valence-electron chi connectivity index (χ2n) is 6.77. The van der Waals surface area contributed by atoms with E-state index < -0.39 is 0 Å². The molecule has 2 N–H and O–H groups in total. The van der Waals surface area contributed by atoms with E-state index in [1.165, 1.54) is 0 Å². The maximum atomic E-state index is 12.3. The number of urea groups is 1. The first kappa shape index (κ1) is 16.5. The van der Waals surface area contributed by atoms with Gasteiger partial charge in [-0.2, -0.15) is 10.1 Å². The Labute approximate surface area is 141 Å². The fourth-order valence-corrected chi connectivity index (χ4v) is 2.52. The number of nitrogens with one attached hydrogen (secondary N) is 2. The molecule has 1 saturated carbocycles. The van der Waals surface area contributed by atoms with Gasteiger partial charge in [0.2, 0.25) is 5.89 Å². The second-order valence-corrected chi connectivity index (χ2v) is 6.77. The van der Waals surface area contributed by atoms with Gasteiger partial charge in [-0.05, 0) is 25.7 Å². The van der Waals surface area contributed by atoms with Crippen LogP contribution in [0.1, 0.15) is 68.9 Å². The topological polar surface area (TPSA) is 97.9 Å². The van der Waals surface area contributed by atoms with Crippen molar-refractivity contribution in [3.8, 4) is 0 Å². The van der Waals surface area contributed by atoms with Crippen molar-refractivity contribution >= 4 is 6.03 Å². The van der Waals surface area contributed by atoms with Gasteiger partial charge >= 0.3 is 6.03 Å². The van der Waals surface area contributed by atoms with Gasteiger partial charge in [-0.15, -0.1) is 0 Å². The highest BCUT2D eigenvalue weighted by molar-refractivity contribution is 5.74. The maximum absolute atomic E-state index is 12.3. The number of hydrogen-bond donors (Lipinski definition) is 2. The lowest BCUT2D eigenvalue weighted by atomic mass is 10.0. The average Bonchev–Trinajstić information content (AvgIpc) is 3.09.